The predicted molar refractivity (Wildman–Crippen MR) is 68.0 cm³/mol. The SMILES string of the molecule is COc1ccc(F)cc1C(N)c1cnccc1C. The Morgan fingerprint density at radius 3 is 2.72 bits per heavy atom. The summed E-state index contributed by atoms with van der Waals surface area (Å²) in [6.07, 6.45) is 3.40. The lowest BCUT2D eigenvalue weighted by atomic mass is 9.97. The second kappa shape index (κ2) is 5.14. The first-order valence-corrected chi connectivity index (χ1v) is 5.63. The van der Waals surface area contributed by atoms with Crippen molar-refractivity contribution in [1.82, 2.24) is 4.98 Å². The number of nitrogens with two attached hydrogens (primary N) is 1. The molecule has 1 unspecified atom stereocenters. The topological polar surface area (TPSA) is 48.1 Å². The van der Waals surface area contributed by atoms with Crippen LogP contribution in [0.15, 0.2) is 36.7 Å². The van der Waals surface area contributed by atoms with Crippen LogP contribution in [0.1, 0.15) is 22.7 Å². The van der Waals surface area contributed by atoms with Crippen molar-refractivity contribution in [3.63, 3.8) is 0 Å². The third kappa shape index (κ3) is 2.33. The van der Waals surface area contributed by atoms with Gasteiger partial charge in [0.05, 0.1) is 13.2 Å². The van der Waals surface area contributed by atoms with Gasteiger partial charge in [-0.1, -0.05) is 0 Å². The number of pyridine rings is 1. The van der Waals surface area contributed by atoms with Gasteiger partial charge in [0.15, 0.2) is 0 Å². The lowest BCUT2D eigenvalue weighted by Crippen LogP contribution is -2.15. The number of aromatic nitrogens is 1. The van der Waals surface area contributed by atoms with Crippen LogP contribution in [-0.2, 0) is 0 Å². The fourth-order valence-electron chi connectivity index (χ4n) is 1.92. The Balaban J connectivity index is 2.48. The summed E-state index contributed by atoms with van der Waals surface area (Å²) in [7, 11) is 1.54. The van der Waals surface area contributed by atoms with Gasteiger partial charge < -0.3 is 10.5 Å². The van der Waals surface area contributed by atoms with Gasteiger partial charge in [-0.2, -0.15) is 0 Å². The van der Waals surface area contributed by atoms with Gasteiger partial charge in [0.2, 0.25) is 0 Å². The Kier molecular flexibility index (Phi) is 3.58. The maximum absolute atomic E-state index is 13.3. The van der Waals surface area contributed by atoms with Gasteiger partial charge >= 0.3 is 0 Å². The van der Waals surface area contributed by atoms with Crippen LogP contribution in [0.4, 0.5) is 4.39 Å². The summed E-state index contributed by atoms with van der Waals surface area (Å²) in [6.45, 7) is 1.95. The number of methoxy groups -OCH3 is 1. The molecule has 0 fully saturated rings. The molecule has 4 heteroatoms. The summed E-state index contributed by atoms with van der Waals surface area (Å²) in [5.41, 5.74) is 8.67. The summed E-state index contributed by atoms with van der Waals surface area (Å²) >= 11 is 0. The number of aryl methyl sites for hydroxylation is 1. The molecule has 0 aliphatic heterocycles. The van der Waals surface area contributed by atoms with Crippen molar-refractivity contribution in [2.45, 2.75) is 13.0 Å². The van der Waals surface area contributed by atoms with Gasteiger partial charge in [-0.3, -0.25) is 4.98 Å². The summed E-state index contributed by atoms with van der Waals surface area (Å²) in [6, 6.07) is 5.75. The summed E-state index contributed by atoms with van der Waals surface area (Å²) in [4.78, 5) is 4.06. The molecule has 0 spiro atoms. The van der Waals surface area contributed by atoms with Crippen molar-refractivity contribution >= 4 is 0 Å². The van der Waals surface area contributed by atoms with Crippen molar-refractivity contribution in [2.24, 2.45) is 5.73 Å². The van der Waals surface area contributed by atoms with Gasteiger partial charge in [-0.25, -0.2) is 4.39 Å². The van der Waals surface area contributed by atoms with Gasteiger partial charge in [0.25, 0.3) is 0 Å². The second-order valence-electron chi connectivity index (χ2n) is 4.10. The normalized spacial score (nSPS) is 12.2. The Morgan fingerprint density at radius 1 is 1.28 bits per heavy atom. The van der Waals surface area contributed by atoms with Crippen LogP contribution in [0, 0.1) is 12.7 Å². The largest absolute Gasteiger partial charge is 0.496 e. The minimum atomic E-state index is -0.454. The molecule has 3 nitrogen and oxygen atoms in total. The molecule has 2 N–H and O–H groups in total. The van der Waals surface area contributed by atoms with Crippen molar-refractivity contribution in [1.29, 1.82) is 0 Å². The Labute approximate surface area is 105 Å². The third-order valence-corrected chi connectivity index (χ3v) is 2.94. The number of nitrogens with zero attached hydrogens (tertiary/aromatic N) is 1. The molecule has 18 heavy (non-hydrogen) atoms. The molecular formula is C14H15FN2O. The van der Waals surface area contributed by atoms with Gasteiger partial charge in [-0.05, 0) is 42.3 Å². The van der Waals surface area contributed by atoms with E-state index in [-0.39, 0.29) is 5.82 Å². The first kappa shape index (κ1) is 12.5. The van der Waals surface area contributed by atoms with E-state index < -0.39 is 6.04 Å². The molecule has 1 atom stereocenters. The first-order chi connectivity index (χ1) is 8.63. The fraction of sp³-hybridized carbons (Fsp3) is 0.214. The quantitative estimate of drug-likeness (QED) is 0.905. The zero-order valence-electron chi connectivity index (χ0n) is 10.4. The lowest BCUT2D eigenvalue weighted by Gasteiger charge is -2.17. The van der Waals surface area contributed by atoms with E-state index >= 15 is 0 Å². The van der Waals surface area contributed by atoms with Crippen LogP contribution in [-0.4, -0.2) is 12.1 Å². The Hall–Kier alpha value is -1.94. The molecular weight excluding hydrogens is 231 g/mol. The van der Waals surface area contributed by atoms with E-state index in [1.54, 1.807) is 25.6 Å². The number of ether oxygens (including phenoxy) is 1. The molecule has 0 aliphatic rings. The Morgan fingerprint density at radius 2 is 2.06 bits per heavy atom. The van der Waals surface area contributed by atoms with Crippen LogP contribution >= 0.6 is 0 Å². The van der Waals surface area contributed by atoms with Crippen molar-refractivity contribution in [3.8, 4) is 5.75 Å². The van der Waals surface area contributed by atoms with Crippen LogP contribution < -0.4 is 10.5 Å². The Bertz CT molecular complexity index is 557. The number of hydrogen-bond donors (Lipinski definition) is 1. The third-order valence-electron chi connectivity index (χ3n) is 2.94. The highest BCUT2D eigenvalue weighted by atomic mass is 19.1. The van der Waals surface area contributed by atoms with Crippen molar-refractivity contribution < 1.29 is 9.13 Å². The molecule has 0 bridgehead atoms. The summed E-state index contributed by atoms with van der Waals surface area (Å²) in [5, 5.41) is 0. The molecule has 0 aliphatic carbocycles. The van der Waals surface area contributed by atoms with Crippen LogP contribution in [0.5, 0.6) is 5.75 Å². The zero-order valence-corrected chi connectivity index (χ0v) is 10.4. The van der Waals surface area contributed by atoms with Crippen LogP contribution in [0.25, 0.3) is 0 Å². The number of rotatable bonds is 3. The highest BCUT2D eigenvalue weighted by Crippen LogP contribution is 2.29. The average Bonchev–Trinajstić information content (AvgIpc) is 2.38. The molecule has 2 aromatic rings. The summed E-state index contributed by atoms with van der Waals surface area (Å²) < 4.78 is 18.5. The van der Waals surface area contributed by atoms with E-state index in [2.05, 4.69) is 4.98 Å². The minimum absolute atomic E-state index is 0.331. The molecule has 0 radical (unpaired) electrons. The lowest BCUT2D eigenvalue weighted by molar-refractivity contribution is 0.406. The highest BCUT2D eigenvalue weighted by molar-refractivity contribution is 5.42. The minimum Gasteiger partial charge on any atom is -0.496 e. The predicted octanol–water partition coefficient (Wildman–Crippen LogP) is 2.59. The monoisotopic (exact) mass is 246 g/mol. The molecule has 1 aromatic heterocycles. The first-order valence-electron chi connectivity index (χ1n) is 5.63. The smallest absolute Gasteiger partial charge is 0.124 e. The molecule has 0 saturated heterocycles. The van der Waals surface area contributed by atoms with Crippen LogP contribution in [0.3, 0.4) is 0 Å². The van der Waals surface area contributed by atoms with E-state index in [0.717, 1.165) is 11.1 Å². The maximum atomic E-state index is 13.3. The van der Waals surface area contributed by atoms with E-state index in [4.69, 9.17) is 10.5 Å². The van der Waals surface area contributed by atoms with E-state index in [1.165, 1.54) is 12.1 Å². The average molecular weight is 246 g/mol. The number of hydrogen-bond acceptors (Lipinski definition) is 3. The highest BCUT2D eigenvalue weighted by Gasteiger charge is 2.16. The van der Waals surface area contributed by atoms with Crippen molar-refractivity contribution in [3.05, 3.63) is 59.2 Å². The number of halogens is 1. The van der Waals surface area contributed by atoms with Gasteiger partial charge in [0.1, 0.15) is 11.6 Å². The summed E-state index contributed by atoms with van der Waals surface area (Å²) in [5.74, 6) is 0.245. The number of benzene rings is 1. The zero-order chi connectivity index (χ0) is 13.1. The van der Waals surface area contributed by atoms with Crippen LogP contribution in [0.2, 0.25) is 0 Å². The molecule has 1 heterocycles. The molecule has 94 valence electrons. The van der Waals surface area contributed by atoms with Gasteiger partial charge in [-0.15, -0.1) is 0 Å². The molecule has 0 saturated carbocycles. The van der Waals surface area contributed by atoms with E-state index in [9.17, 15) is 4.39 Å². The van der Waals surface area contributed by atoms with Gasteiger partial charge in [0, 0.05) is 18.0 Å². The fourth-order valence-corrected chi connectivity index (χ4v) is 1.92. The maximum Gasteiger partial charge on any atom is 0.124 e. The van der Waals surface area contributed by atoms with E-state index in [0.29, 0.717) is 11.3 Å². The molecule has 0 amide bonds. The standard InChI is InChI=1S/C14H15FN2O/c1-9-5-6-17-8-12(9)14(16)11-7-10(15)3-4-13(11)18-2/h3-8,14H,16H2,1-2H3. The molecule has 2 rings (SSSR count). The molecule has 1 aromatic carbocycles. The second-order valence-corrected chi connectivity index (χ2v) is 4.10. The van der Waals surface area contributed by atoms with Crippen molar-refractivity contribution in [2.75, 3.05) is 7.11 Å². The van der Waals surface area contributed by atoms with E-state index in [1.807, 2.05) is 13.0 Å².